The van der Waals surface area contributed by atoms with E-state index >= 15 is 0 Å². The molecule has 0 amide bonds. The van der Waals surface area contributed by atoms with Crippen molar-refractivity contribution < 1.29 is 4.74 Å². The van der Waals surface area contributed by atoms with Crippen molar-refractivity contribution in [3.05, 3.63) is 52.7 Å². The topological polar surface area (TPSA) is 48.1 Å². The van der Waals surface area contributed by atoms with Crippen LogP contribution in [0.1, 0.15) is 22.4 Å². The van der Waals surface area contributed by atoms with E-state index in [1.54, 1.807) is 0 Å². The normalized spacial score (nSPS) is 10.3. The molecule has 0 unspecified atom stereocenters. The van der Waals surface area contributed by atoms with Gasteiger partial charge in [0.25, 0.3) is 0 Å². The third-order valence-corrected chi connectivity index (χ3v) is 3.00. The summed E-state index contributed by atoms with van der Waals surface area (Å²) in [6, 6.07) is 9.71. The molecule has 0 radical (unpaired) electrons. The van der Waals surface area contributed by atoms with Gasteiger partial charge in [0, 0.05) is 5.69 Å². The average molecular weight is 272 g/mol. The van der Waals surface area contributed by atoms with Crippen molar-refractivity contribution in [2.45, 2.75) is 20.8 Å². The Morgan fingerprint density at radius 1 is 1.16 bits per heavy atom. The standard InChI is InChI=1S/C15H16N2OS/c1-9-4-6-12(7-5-9)18-15-13(14(16)19)10(2)8-11(3)17-15/h4-8H,1-3H3,(H2,16,19). The smallest absolute Gasteiger partial charge is 0.229 e. The van der Waals surface area contributed by atoms with Gasteiger partial charge in [-0.25, -0.2) is 4.98 Å². The van der Waals surface area contributed by atoms with Crippen molar-refractivity contribution >= 4 is 17.2 Å². The number of nitrogens with zero attached hydrogens (tertiary/aromatic N) is 1. The molecule has 0 atom stereocenters. The number of hydrogen-bond donors (Lipinski definition) is 1. The quantitative estimate of drug-likeness (QED) is 0.870. The molecule has 0 saturated heterocycles. The van der Waals surface area contributed by atoms with Crippen molar-refractivity contribution in [1.29, 1.82) is 0 Å². The van der Waals surface area contributed by atoms with E-state index in [0.717, 1.165) is 17.0 Å². The van der Waals surface area contributed by atoms with E-state index in [4.69, 9.17) is 22.7 Å². The highest BCUT2D eigenvalue weighted by atomic mass is 32.1. The number of pyridine rings is 1. The second kappa shape index (κ2) is 5.36. The van der Waals surface area contributed by atoms with Crippen LogP contribution in [0.2, 0.25) is 0 Å². The molecule has 0 aliphatic heterocycles. The van der Waals surface area contributed by atoms with Gasteiger partial charge in [0.15, 0.2) is 0 Å². The Morgan fingerprint density at radius 2 is 1.79 bits per heavy atom. The molecular formula is C15H16N2OS. The molecule has 2 N–H and O–H groups in total. The summed E-state index contributed by atoms with van der Waals surface area (Å²) >= 11 is 5.08. The third-order valence-electron chi connectivity index (χ3n) is 2.79. The SMILES string of the molecule is Cc1ccc(Oc2nc(C)cc(C)c2C(N)=S)cc1. The van der Waals surface area contributed by atoms with Gasteiger partial charge in [0.1, 0.15) is 10.7 Å². The minimum absolute atomic E-state index is 0.298. The third kappa shape index (κ3) is 3.09. The van der Waals surface area contributed by atoms with Crippen molar-refractivity contribution in [2.24, 2.45) is 5.73 Å². The number of aryl methyl sites for hydroxylation is 3. The molecule has 2 aromatic rings. The van der Waals surface area contributed by atoms with Crippen LogP contribution < -0.4 is 10.5 Å². The van der Waals surface area contributed by atoms with Crippen molar-refractivity contribution in [2.75, 3.05) is 0 Å². The van der Waals surface area contributed by atoms with E-state index in [1.807, 2.05) is 51.1 Å². The number of aromatic nitrogens is 1. The summed E-state index contributed by atoms with van der Waals surface area (Å²) in [5.41, 5.74) is 9.48. The van der Waals surface area contributed by atoms with Gasteiger partial charge in [-0.05, 0) is 44.5 Å². The maximum absolute atomic E-state index is 5.81. The molecule has 0 aliphatic rings. The summed E-state index contributed by atoms with van der Waals surface area (Å²) in [7, 11) is 0. The molecule has 98 valence electrons. The number of nitrogens with two attached hydrogens (primary N) is 1. The van der Waals surface area contributed by atoms with Gasteiger partial charge in [-0.15, -0.1) is 0 Å². The number of benzene rings is 1. The van der Waals surface area contributed by atoms with E-state index in [9.17, 15) is 0 Å². The van der Waals surface area contributed by atoms with Crippen LogP contribution in [0.5, 0.6) is 11.6 Å². The lowest BCUT2D eigenvalue weighted by Gasteiger charge is -2.12. The molecule has 19 heavy (non-hydrogen) atoms. The van der Waals surface area contributed by atoms with Crippen LogP contribution in [-0.2, 0) is 0 Å². The Morgan fingerprint density at radius 3 is 2.37 bits per heavy atom. The molecule has 4 heteroatoms. The first-order valence-corrected chi connectivity index (χ1v) is 6.41. The Hall–Kier alpha value is -1.94. The van der Waals surface area contributed by atoms with Crippen molar-refractivity contribution in [1.82, 2.24) is 4.98 Å². The second-order valence-electron chi connectivity index (χ2n) is 4.54. The van der Waals surface area contributed by atoms with Gasteiger partial charge < -0.3 is 10.5 Å². The summed E-state index contributed by atoms with van der Waals surface area (Å²) in [5.74, 6) is 1.19. The predicted molar refractivity (Wildman–Crippen MR) is 80.9 cm³/mol. The minimum atomic E-state index is 0.298. The fourth-order valence-corrected chi connectivity index (χ4v) is 2.14. The number of ether oxygens (including phenoxy) is 1. The van der Waals surface area contributed by atoms with Crippen LogP contribution in [-0.4, -0.2) is 9.97 Å². The number of rotatable bonds is 3. The largest absolute Gasteiger partial charge is 0.438 e. The van der Waals surface area contributed by atoms with Crippen LogP contribution in [0.3, 0.4) is 0 Å². The first kappa shape index (κ1) is 13.5. The van der Waals surface area contributed by atoms with Crippen molar-refractivity contribution in [3.63, 3.8) is 0 Å². The predicted octanol–water partition coefficient (Wildman–Crippen LogP) is 3.43. The Balaban J connectivity index is 2.44. The van der Waals surface area contributed by atoms with E-state index in [2.05, 4.69) is 4.98 Å². The van der Waals surface area contributed by atoms with Gasteiger partial charge in [0.05, 0.1) is 5.56 Å². The van der Waals surface area contributed by atoms with Gasteiger partial charge in [0.2, 0.25) is 5.88 Å². The monoisotopic (exact) mass is 272 g/mol. The summed E-state index contributed by atoms with van der Waals surface area (Å²) in [4.78, 5) is 4.68. The molecule has 0 aliphatic carbocycles. The second-order valence-corrected chi connectivity index (χ2v) is 4.98. The van der Waals surface area contributed by atoms with Gasteiger partial charge in [-0.1, -0.05) is 29.9 Å². The fourth-order valence-electron chi connectivity index (χ4n) is 1.89. The molecule has 1 heterocycles. The summed E-state index contributed by atoms with van der Waals surface area (Å²) in [5, 5.41) is 0. The lowest BCUT2D eigenvalue weighted by atomic mass is 10.1. The maximum Gasteiger partial charge on any atom is 0.229 e. The van der Waals surface area contributed by atoms with Crippen LogP contribution in [0.15, 0.2) is 30.3 Å². The Labute approximate surface area is 118 Å². The Bertz CT molecular complexity index is 621. The minimum Gasteiger partial charge on any atom is -0.438 e. The molecule has 1 aromatic carbocycles. The summed E-state index contributed by atoms with van der Waals surface area (Å²) < 4.78 is 5.81. The number of hydrogen-bond acceptors (Lipinski definition) is 3. The van der Waals surface area contributed by atoms with Gasteiger partial charge in [-0.2, -0.15) is 0 Å². The number of thiocarbonyl (C=S) groups is 1. The lowest BCUT2D eigenvalue weighted by molar-refractivity contribution is 0.460. The highest BCUT2D eigenvalue weighted by Crippen LogP contribution is 2.26. The van der Waals surface area contributed by atoms with Gasteiger partial charge in [-0.3, -0.25) is 0 Å². The zero-order chi connectivity index (χ0) is 14.0. The lowest BCUT2D eigenvalue weighted by Crippen LogP contribution is -2.14. The molecule has 0 spiro atoms. The maximum atomic E-state index is 5.81. The fraction of sp³-hybridized carbons (Fsp3) is 0.200. The highest BCUT2D eigenvalue weighted by Gasteiger charge is 2.13. The summed E-state index contributed by atoms with van der Waals surface area (Å²) in [6.07, 6.45) is 0. The zero-order valence-electron chi connectivity index (χ0n) is 11.2. The highest BCUT2D eigenvalue weighted by molar-refractivity contribution is 7.80. The van der Waals surface area contributed by atoms with E-state index < -0.39 is 0 Å². The van der Waals surface area contributed by atoms with E-state index in [1.165, 1.54) is 5.56 Å². The molecule has 2 rings (SSSR count). The van der Waals surface area contributed by atoms with Crippen molar-refractivity contribution in [3.8, 4) is 11.6 Å². The molecule has 0 saturated carbocycles. The average Bonchev–Trinajstić information content (AvgIpc) is 2.30. The molecule has 3 nitrogen and oxygen atoms in total. The summed E-state index contributed by atoms with van der Waals surface area (Å²) in [6.45, 7) is 5.89. The van der Waals surface area contributed by atoms with Crippen LogP contribution in [0, 0.1) is 20.8 Å². The molecular weight excluding hydrogens is 256 g/mol. The van der Waals surface area contributed by atoms with E-state index in [-0.39, 0.29) is 0 Å². The molecule has 1 aromatic heterocycles. The van der Waals surface area contributed by atoms with Crippen LogP contribution in [0.25, 0.3) is 0 Å². The van der Waals surface area contributed by atoms with E-state index in [0.29, 0.717) is 16.4 Å². The Kier molecular flexibility index (Phi) is 3.81. The van der Waals surface area contributed by atoms with Crippen LogP contribution in [0.4, 0.5) is 0 Å². The molecule has 0 fully saturated rings. The zero-order valence-corrected chi connectivity index (χ0v) is 12.0. The van der Waals surface area contributed by atoms with Crippen LogP contribution >= 0.6 is 12.2 Å². The van der Waals surface area contributed by atoms with Gasteiger partial charge >= 0.3 is 0 Å². The molecule has 0 bridgehead atoms. The first-order chi connectivity index (χ1) is 8.97. The first-order valence-electron chi connectivity index (χ1n) is 6.00.